The van der Waals surface area contributed by atoms with Crippen LogP contribution >= 0.6 is 11.6 Å². The minimum atomic E-state index is -0.177. The van der Waals surface area contributed by atoms with Crippen LogP contribution in [0.4, 0.5) is 0 Å². The molecule has 1 N–H and O–H groups in total. The van der Waals surface area contributed by atoms with Gasteiger partial charge in [0.2, 0.25) is 11.8 Å². The van der Waals surface area contributed by atoms with Crippen molar-refractivity contribution in [1.82, 2.24) is 10.2 Å². The molecule has 1 aliphatic heterocycles. The molecule has 0 radical (unpaired) electrons. The van der Waals surface area contributed by atoms with Crippen molar-refractivity contribution in [3.05, 3.63) is 34.9 Å². The van der Waals surface area contributed by atoms with Crippen LogP contribution in [0, 0.1) is 5.92 Å². The second kappa shape index (κ2) is 5.52. The van der Waals surface area contributed by atoms with E-state index >= 15 is 0 Å². The van der Waals surface area contributed by atoms with E-state index in [1.807, 2.05) is 17.0 Å². The van der Waals surface area contributed by atoms with E-state index in [1.54, 1.807) is 0 Å². The number of likely N-dealkylation sites (tertiary alicyclic amines) is 1. The van der Waals surface area contributed by atoms with Gasteiger partial charge in [-0.1, -0.05) is 23.7 Å². The number of nitrogens with one attached hydrogen (secondary N) is 1. The number of rotatable bonds is 5. The maximum Gasteiger partial charge on any atom is 0.225 e. The van der Waals surface area contributed by atoms with Crippen molar-refractivity contribution in [1.29, 1.82) is 0 Å². The van der Waals surface area contributed by atoms with Gasteiger partial charge in [-0.3, -0.25) is 9.59 Å². The number of hydrogen-bond donors (Lipinski definition) is 1. The van der Waals surface area contributed by atoms with Gasteiger partial charge in [0.25, 0.3) is 0 Å². The summed E-state index contributed by atoms with van der Waals surface area (Å²) < 4.78 is 0. The molecule has 4 rings (SSSR count). The maximum absolute atomic E-state index is 12.4. The maximum atomic E-state index is 12.4. The fraction of sp³-hybridized carbons (Fsp3) is 0.556. The second-order valence-electron chi connectivity index (χ2n) is 7.18. The normalized spacial score (nSPS) is 25.5. The van der Waals surface area contributed by atoms with Crippen LogP contribution in [0.3, 0.4) is 0 Å². The number of hydrogen-bond acceptors (Lipinski definition) is 2. The molecule has 5 heteroatoms. The molecule has 4 nitrogen and oxygen atoms in total. The Morgan fingerprint density at radius 1 is 1.26 bits per heavy atom. The summed E-state index contributed by atoms with van der Waals surface area (Å²) in [4.78, 5) is 26.3. The summed E-state index contributed by atoms with van der Waals surface area (Å²) in [6.45, 7) is 1.25. The third-order valence-corrected chi connectivity index (χ3v) is 5.68. The Kier molecular flexibility index (Phi) is 3.60. The molecule has 1 saturated heterocycles. The van der Waals surface area contributed by atoms with E-state index in [9.17, 15) is 9.59 Å². The standard InChI is InChI=1S/C18H21ClN2O2/c19-14-3-1-13(2-4-14)18(7-8-18)11-20-17(23)12-9-16(22)21(10-12)15-5-6-15/h1-4,12,15H,5-11H2,(H,20,23)/t12-/m0/s1. The average Bonchev–Trinajstić information content (AvgIpc) is 3.46. The van der Waals surface area contributed by atoms with Gasteiger partial charge in [-0.05, 0) is 43.4 Å². The van der Waals surface area contributed by atoms with Crippen LogP contribution in [0.5, 0.6) is 0 Å². The van der Waals surface area contributed by atoms with Crippen molar-refractivity contribution in [2.24, 2.45) is 5.92 Å². The number of amides is 2. The van der Waals surface area contributed by atoms with Crippen molar-refractivity contribution in [2.75, 3.05) is 13.1 Å². The smallest absolute Gasteiger partial charge is 0.225 e. The van der Waals surface area contributed by atoms with Crippen LogP contribution < -0.4 is 5.32 Å². The number of halogens is 1. The molecule has 0 aromatic heterocycles. The van der Waals surface area contributed by atoms with Gasteiger partial charge < -0.3 is 10.2 Å². The summed E-state index contributed by atoms with van der Waals surface area (Å²) in [5, 5.41) is 3.82. The van der Waals surface area contributed by atoms with E-state index in [4.69, 9.17) is 11.6 Å². The molecule has 2 amide bonds. The van der Waals surface area contributed by atoms with E-state index in [1.165, 1.54) is 5.56 Å². The highest BCUT2D eigenvalue weighted by molar-refractivity contribution is 6.30. The minimum Gasteiger partial charge on any atom is -0.355 e. The highest BCUT2D eigenvalue weighted by atomic mass is 35.5. The van der Waals surface area contributed by atoms with Crippen molar-refractivity contribution >= 4 is 23.4 Å². The first-order valence-corrected chi connectivity index (χ1v) is 8.78. The molecular weight excluding hydrogens is 312 g/mol. The van der Waals surface area contributed by atoms with Crippen LogP contribution in [0.1, 0.15) is 37.7 Å². The lowest BCUT2D eigenvalue weighted by molar-refractivity contribution is -0.129. The largest absolute Gasteiger partial charge is 0.355 e. The van der Waals surface area contributed by atoms with Gasteiger partial charge in [0.05, 0.1) is 5.92 Å². The number of benzene rings is 1. The third-order valence-electron chi connectivity index (χ3n) is 5.43. The molecule has 3 aliphatic rings. The SMILES string of the molecule is O=C(NCC1(c2ccc(Cl)cc2)CC1)[C@H]1CC(=O)N(C2CC2)C1. The Morgan fingerprint density at radius 3 is 2.57 bits per heavy atom. The molecule has 0 spiro atoms. The van der Waals surface area contributed by atoms with Crippen molar-refractivity contribution < 1.29 is 9.59 Å². The Labute approximate surface area is 141 Å². The molecule has 1 heterocycles. The fourth-order valence-electron chi connectivity index (χ4n) is 3.57. The molecule has 0 bridgehead atoms. The first-order chi connectivity index (χ1) is 11.1. The molecule has 0 unspecified atom stereocenters. The number of nitrogens with zero attached hydrogens (tertiary/aromatic N) is 1. The van der Waals surface area contributed by atoms with Gasteiger partial charge in [-0.25, -0.2) is 0 Å². The zero-order chi connectivity index (χ0) is 16.0. The summed E-state index contributed by atoms with van der Waals surface area (Å²) in [5.41, 5.74) is 1.31. The van der Waals surface area contributed by atoms with E-state index in [0.29, 0.717) is 25.6 Å². The molecule has 1 aromatic rings. The first-order valence-electron chi connectivity index (χ1n) is 8.41. The lowest BCUT2D eigenvalue weighted by Crippen LogP contribution is -2.37. The second-order valence-corrected chi connectivity index (χ2v) is 7.62. The predicted octanol–water partition coefficient (Wildman–Crippen LogP) is 2.50. The third kappa shape index (κ3) is 2.97. The van der Waals surface area contributed by atoms with Crippen molar-refractivity contribution in [3.63, 3.8) is 0 Å². The Balaban J connectivity index is 1.35. The highest BCUT2D eigenvalue weighted by Gasteiger charge is 2.46. The molecule has 2 aliphatic carbocycles. The van der Waals surface area contributed by atoms with Crippen LogP contribution in [-0.4, -0.2) is 35.8 Å². The Morgan fingerprint density at radius 2 is 1.96 bits per heavy atom. The molecule has 122 valence electrons. The summed E-state index contributed by atoms with van der Waals surface area (Å²) in [7, 11) is 0. The number of carbonyl (C=O) groups is 2. The summed E-state index contributed by atoms with van der Waals surface area (Å²) in [5.74, 6) is -0.00246. The monoisotopic (exact) mass is 332 g/mol. The molecule has 3 fully saturated rings. The Bertz CT molecular complexity index is 635. The molecular formula is C18H21ClN2O2. The predicted molar refractivity (Wildman–Crippen MR) is 88.2 cm³/mol. The zero-order valence-electron chi connectivity index (χ0n) is 13.1. The van der Waals surface area contributed by atoms with E-state index in [-0.39, 0.29) is 23.1 Å². The van der Waals surface area contributed by atoms with Gasteiger partial charge in [0.15, 0.2) is 0 Å². The van der Waals surface area contributed by atoms with Gasteiger partial charge in [0.1, 0.15) is 0 Å². The Hall–Kier alpha value is -1.55. The summed E-state index contributed by atoms with van der Waals surface area (Å²) in [6, 6.07) is 8.32. The van der Waals surface area contributed by atoms with Gasteiger partial charge in [-0.2, -0.15) is 0 Å². The average molecular weight is 333 g/mol. The van der Waals surface area contributed by atoms with Crippen LogP contribution in [-0.2, 0) is 15.0 Å². The van der Waals surface area contributed by atoms with E-state index in [0.717, 1.165) is 30.7 Å². The van der Waals surface area contributed by atoms with Crippen LogP contribution in [0.2, 0.25) is 5.02 Å². The lowest BCUT2D eigenvalue weighted by Gasteiger charge is -2.19. The van der Waals surface area contributed by atoms with Crippen LogP contribution in [0.25, 0.3) is 0 Å². The molecule has 1 aromatic carbocycles. The van der Waals surface area contributed by atoms with Crippen LogP contribution in [0.15, 0.2) is 24.3 Å². The molecule has 2 saturated carbocycles. The summed E-state index contributed by atoms with van der Waals surface area (Å²) >= 11 is 5.95. The lowest BCUT2D eigenvalue weighted by atomic mass is 9.95. The summed E-state index contributed by atoms with van der Waals surface area (Å²) in [6.07, 6.45) is 4.75. The highest BCUT2D eigenvalue weighted by Crippen LogP contribution is 2.47. The topological polar surface area (TPSA) is 49.4 Å². The zero-order valence-corrected chi connectivity index (χ0v) is 13.8. The first kappa shape index (κ1) is 15.0. The minimum absolute atomic E-state index is 0.0294. The van der Waals surface area contributed by atoms with Crippen molar-refractivity contribution in [2.45, 2.75) is 43.6 Å². The van der Waals surface area contributed by atoms with E-state index in [2.05, 4.69) is 17.4 Å². The number of carbonyl (C=O) groups excluding carboxylic acids is 2. The van der Waals surface area contributed by atoms with Gasteiger partial charge in [-0.15, -0.1) is 0 Å². The van der Waals surface area contributed by atoms with Gasteiger partial charge in [0, 0.05) is 36.0 Å². The molecule has 23 heavy (non-hydrogen) atoms. The fourth-order valence-corrected chi connectivity index (χ4v) is 3.69. The van der Waals surface area contributed by atoms with E-state index < -0.39 is 0 Å². The molecule has 1 atom stereocenters. The quantitative estimate of drug-likeness (QED) is 0.900. The van der Waals surface area contributed by atoms with Crippen molar-refractivity contribution in [3.8, 4) is 0 Å². The van der Waals surface area contributed by atoms with Gasteiger partial charge >= 0.3 is 0 Å².